The molecule has 2 aromatic rings. The lowest BCUT2D eigenvalue weighted by atomic mass is 10.1. The number of rotatable bonds is 6. The molecule has 1 amide bonds. The third-order valence-electron chi connectivity index (χ3n) is 3.18. The number of ether oxygens (including phenoxy) is 1. The number of aryl methyl sites for hydroxylation is 1. The first kappa shape index (κ1) is 15.1. The van der Waals surface area contributed by atoms with Crippen molar-refractivity contribution in [3.05, 3.63) is 41.7 Å². The van der Waals surface area contributed by atoms with Crippen molar-refractivity contribution in [3.63, 3.8) is 0 Å². The highest BCUT2D eigenvalue weighted by Crippen LogP contribution is 2.21. The van der Waals surface area contributed by atoms with E-state index in [0.29, 0.717) is 18.1 Å². The van der Waals surface area contributed by atoms with Crippen LogP contribution in [0.3, 0.4) is 0 Å². The predicted molar refractivity (Wildman–Crippen MR) is 78.1 cm³/mol. The lowest BCUT2D eigenvalue weighted by molar-refractivity contribution is -0.682. The average molecular weight is 290 g/mol. The number of anilines is 1. The van der Waals surface area contributed by atoms with Crippen molar-refractivity contribution >= 4 is 11.7 Å². The lowest BCUT2D eigenvalue weighted by Gasteiger charge is -2.14. The molecule has 0 radical (unpaired) electrons. The maximum atomic E-state index is 11.9. The Labute approximate surface area is 123 Å². The minimum Gasteiger partial charge on any atom is -0.496 e. The van der Waals surface area contributed by atoms with E-state index >= 15 is 0 Å². The molecule has 0 aliphatic rings. The molecule has 1 aromatic carbocycles. The van der Waals surface area contributed by atoms with Crippen molar-refractivity contribution in [1.29, 1.82) is 0 Å². The number of hydrogen-bond acceptors (Lipinski definition) is 4. The minimum atomic E-state index is -0.120. The van der Waals surface area contributed by atoms with Gasteiger partial charge in [-0.2, -0.15) is 0 Å². The number of hydrogen-bond donors (Lipinski definition) is 2. The fraction of sp³-hybridized carbons (Fsp3) is 0.333. The zero-order valence-corrected chi connectivity index (χ0v) is 12.4. The first-order chi connectivity index (χ1) is 10.1. The fourth-order valence-electron chi connectivity index (χ4n) is 2.07. The van der Waals surface area contributed by atoms with Crippen LogP contribution in [0.25, 0.3) is 0 Å². The largest absolute Gasteiger partial charge is 0.496 e. The van der Waals surface area contributed by atoms with Crippen molar-refractivity contribution in [2.75, 3.05) is 19.0 Å². The Morgan fingerprint density at radius 3 is 2.90 bits per heavy atom. The van der Waals surface area contributed by atoms with Crippen molar-refractivity contribution < 1.29 is 19.4 Å². The molecule has 1 aromatic heterocycles. The highest BCUT2D eigenvalue weighted by Gasteiger charge is 2.16. The van der Waals surface area contributed by atoms with E-state index in [1.165, 1.54) is 0 Å². The summed E-state index contributed by atoms with van der Waals surface area (Å²) < 4.78 is 10.2. The molecule has 0 saturated heterocycles. The van der Waals surface area contributed by atoms with Crippen LogP contribution in [-0.4, -0.2) is 24.7 Å². The highest BCUT2D eigenvalue weighted by molar-refractivity contribution is 5.90. The summed E-state index contributed by atoms with van der Waals surface area (Å²) in [6.45, 7) is 4.11. The van der Waals surface area contributed by atoms with Crippen LogP contribution in [0.2, 0.25) is 0 Å². The zero-order chi connectivity index (χ0) is 15.2. The molecule has 112 valence electrons. The standard InChI is InChI=1S/C15H19N3O3/c1-10-8-14(18-21-10)17-15(19)9-16-11(2)12-6-4-5-7-13(12)20-3/h4-8,11,16H,9H2,1-3H3,(H,17,18,19)/p+1/t11-/m1/s1. The van der Waals surface area contributed by atoms with E-state index in [9.17, 15) is 4.79 Å². The van der Waals surface area contributed by atoms with Crippen LogP contribution in [0.5, 0.6) is 5.75 Å². The van der Waals surface area contributed by atoms with Gasteiger partial charge < -0.3 is 19.9 Å². The lowest BCUT2D eigenvalue weighted by Crippen LogP contribution is -2.86. The van der Waals surface area contributed by atoms with E-state index in [2.05, 4.69) is 10.5 Å². The summed E-state index contributed by atoms with van der Waals surface area (Å²) in [5.74, 6) is 1.81. The van der Waals surface area contributed by atoms with Crippen LogP contribution in [0.15, 0.2) is 34.9 Å². The molecule has 1 atom stereocenters. The van der Waals surface area contributed by atoms with Gasteiger partial charge in [-0.1, -0.05) is 17.3 Å². The number of nitrogens with one attached hydrogen (secondary N) is 1. The second-order valence-corrected chi connectivity index (χ2v) is 4.84. The Morgan fingerprint density at radius 1 is 1.48 bits per heavy atom. The maximum absolute atomic E-state index is 11.9. The molecule has 0 spiro atoms. The highest BCUT2D eigenvalue weighted by atomic mass is 16.5. The molecule has 2 rings (SSSR count). The Morgan fingerprint density at radius 2 is 2.24 bits per heavy atom. The van der Waals surface area contributed by atoms with Crippen molar-refractivity contribution in [1.82, 2.24) is 5.16 Å². The van der Waals surface area contributed by atoms with Gasteiger partial charge in [0.1, 0.15) is 17.6 Å². The van der Waals surface area contributed by atoms with Crippen LogP contribution in [0, 0.1) is 6.92 Å². The average Bonchev–Trinajstić information content (AvgIpc) is 2.89. The number of carbonyl (C=O) groups excluding carboxylic acids is 1. The molecule has 0 unspecified atom stereocenters. The van der Waals surface area contributed by atoms with E-state index in [1.54, 1.807) is 20.1 Å². The van der Waals surface area contributed by atoms with Crippen molar-refractivity contribution in [3.8, 4) is 5.75 Å². The van der Waals surface area contributed by atoms with Crippen molar-refractivity contribution in [2.45, 2.75) is 19.9 Å². The SMILES string of the molecule is COc1ccccc1[C@@H](C)[NH2+]CC(=O)Nc1cc(C)on1. The summed E-state index contributed by atoms with van der Waals surface area (Å²) in [4.78, 5) is 11.9. The summed E-state index contributed by atoms with van der Waals surface area (Å²) in [5, 5.41) is 8.36. The number of quaternary nitrogens is 1. The summed E-state index contributed by atoms with van der Waals surface area (Å²) in [5.41, 5.74) is 1.06. The third-order valence-corrected chi connectivity index (χ3v) is 3.18. The number of para-hydroxylation sites is 1. The van der Waals surface area contributed by atoms with E-state index in [4.69, 9.17) is 9.26 Å². The normalized spacial score (nSPS) is 12.0. The molecule has 3 N–H and O–H groups in total. The van der Waals surface area contributed by atoms with Gasteiger partial charge in [0.2, 0.25) is 0 Å². The molecule has 6 nitrogen and oxygen atoms in total. The quantitative estimate of drug-likeness (QED) is 0.839. The van der Waals surface area contributed by atoms with Gasteiger partial charge >= 0.3 is 0 Å². The third kappa shape index (κ3) is 4.06. The molecule has 0 fully saturated rings. The molecule has 0 aliphatic carbocycles. The minimum absolute atomic E-state index is 0.117. The summed E-state index contributed by atoms with van der Waals surface area (Å²) in [7, 11) is 1.64. The fourth-order valence-corrected chi connectivity index (χ4v) is 2.07. The van der Waals surface area contributed by atoms with Gasteiger partial charge in [-0.3, -0.25) is 4.79 Å². The first-order valence-electron chi connectivity index (χ1n) is 6.79. The second kappa shape index (κ2) is 6.90. The van der Waals surface area contributed by atoms with Gasteiger partial charge in [0.15, 0.2) is 12.4 Å². The van der Waals surface area contributed by atoms with Crippen LogP contribution >= 0.6 is 0 Å². The van der Waals surface area contributed by atoms with Crippen molar-refractivity contribution in [2.24, 2.45) is 0 Å². The van der Waals surface area contributed by atoms with Gasteiger partial charge in [0, 0.05) is 6.07 Å². The number of amides is 1. The summed E-state index contributed by atoms with van der Waals surface area (Å²) in [6.07, 6.45) is 0. The van der Waals surface area contributed by atoms with Gasteiger partial charge in [0.25, 0.3) is 5.91 Å². The molecule has 6 heteroatoms. The van der Waals surface area contributed by atoms with E-state index in [1.807, 2.05) is 36.5 Å². The molecule has 0 bridgehead atoms. The van der Waals surface area contributed by atoms with Crippen LogP contribution in [0.1, 0.15) is 24.3 Å². The van der Waals surface area contributed by atoms with Gasteiger partial charge in [-0.15, -0.1) is 0 Å². The van der Waals surface area contributed by atoms with Gasteiger partial charge in [0.05, 0.1) is 12.7 Å². The Bertz CT molecular complexity index is 610. The number of carbonyl (C=O) groups is 1. The van der Waals surface area contributed by atoms with Gasteiger partial charge in [-0.05, 0) is 26.0 Å². The van der Waals surface area contributed by atoms with E-state index in [0.717, 1.165) is 11.3 Å². The van der Waals surface area contributed by atoms with E-state index in [-0.39, 0.29) is 11.9 Å². The number of nitrogens with zero attached hydrogens (tertiary/aromatic N) is 1. The first-order valence-corrected chi connectivity index (χ1v) is 6.79. The summed E-state index contributed by atoms with van der Waals surface area (Å²) >= 11 is 0. The number of benzene rings is 1. The number of methoxy groups -OCH3 is 1. The van der Waals surface area contributed by atoms with Crippen LogP contribution in [0.4, 0.5) is 5.82 Å². The summed E-state index contributed by atoms with van der Waals surface area (Å²) in [6, 6.07) is 9.60. The molecule has 0 saturated carbocycles. The smallest absolute Gasteiger partial charge is 0.280 e. The number of nitrogens with two attached hydrogens (primary N) is 1. The maximum Gasteiger partial charge on any atom is 0.280 e. The topological polar surface area (TPSA) is 81.0 Å². The Kier molecular flexibility index (Phi) is 4.94. The van der Waals surface area contributed by atoms with Crippen LogP contribution in [-0.2, 0) is 4.79 Å². The molecule has 0 aliphatic heterocycles. The van der Waals surface area contributed by atoms with Crippen LogP contribution < -0.4 is 15.4 Å². The molecule has 1 heterocycles. The zero-order valence-electron chi connectivity index (χ0n) is 12.4. The monoisotopic (exact) mass is 290 g/mol. The predicted octanol–water partition coefficient (Wildman–Crippen LogP) is 1.25. The Balaban J connectivity index is 1.88. The van der Waals surface area contributed by atoms with Gasteiger partial charge in [-0.25, -0.2) is 0 Å². The number of aromatic nitrogens is 1. The van der Waals surface area contributed by atoms with E-state index < -0.39 is 0 Å². The molecule has 21 heavy (non-hydrogen) atoms. The molecular formula is C15H20N3O3+. The second-order valence-electron chi connectivity index (χ2n) is 4.84. The molecular weight excluding hydrogens is 270 g/mol. The Hall–Kier alpha value is -2.34.